The molecule has 2 aromatic rings. The lowest BCUT2D eigenvalue weighted by Gasteiger charge is -2.09. The molecule has 0 aromatic heterocycles. The van der Waals surface area contributed by atoms with Crippen molar-refractivity contribution in [2.24, 2.45) is 0 Å². The van der Waals surface area contributed by atoms with Gasteiger partial charge in [0.1, 0.15) is 11.5 Å². The second kappa shape index (κ2) is 6.42. The van der Waals surface area contributed by atoms with Gasteiger partial charge >= 0.3 is 0 Å². The molecule has 0 amide bonds. The normalized spacial score (nSPS) is 10.5. The number of rotatable bonds is 4. The maximum Gasteiger partial charge on any atom is 0.128 e. The van der Waals surface area contributed by atoms with E-state index in [1.54, 1.807) is 0 Å². The number of hydrogen-bond acceptors (Lipinski definition) is 2. The van der Waals surface area contributed by atoms with Crippen LogP contribution >= 0.6 is 27.5 Å². The molecule has 4 heteroatoms. The molecule has 0 radical (unpaired) electrons. The van der Waals surface area contributed by atoms with E-state index >= 15 is 0 Å². The highest BCUT2D eigenvalue weighted by atomic mass is 79.9. The largest absolute Gasteiger partial charge is 0.457 e. The Morgan fingerprint density at radius 2 is 1.84 bits per heavy atom. The zero-order valence-corrected chi connectivity index (χ0v) is 13.2. The van der Waals surface area contributed by atoms with E-state index in [1.807, 2.05) is 50.4 Å². The molecule has 100 valence electrons. The van der Waals surface area contributed by atoms with Crippen molar-refractivity contribution >= 4 is 27.5 Å². The van der Waals surface area contributed by atoms with E-state index in [4.69, 9.17) is 16.3 Å². The first kappa shape index (κ1) is 14.4. The maximum absolute atomic E-state index is 6.20. The Kier molecular flexibility index (Phi) is 4.86. The van der Waals surface area contributed by atoms with Gasteiger partial charge in [0.25, 0.3) is 0 Å². The monoisotopic (exact) mass is 339 g/mol. The number of aryl methyl sites for hydroxylation is 1. The summed E-state index contributed by atoms with van der Waals surface area (Å²) in [6.07, 6.45) is 0. The average Bonchev–Trinajstić information content (AvgIpc) is 2.37. The fraction of sp³-hybridized carbons (Fsp3) is 0.200. The van der Waals surface area contributed by atoms with Gasteiger partial charge in [-0.05, 0) is 55.4 Å². The first-order valence-corrected chi connectivity index (χ1v) is 7.14. The van der Waals surface area contributed by atoms with Crippen LogP contribution in [-0.2, 0) is 6.54 Å². The standard InChI is InChI=1S/C15H15BrClNO/c1-10-7-12(5-6-14(10)16)19-13-4-3-11(9-18-2)15(17)8-13/h3-8,18H,9H2,1-2H3. The van der Waals surface area contributed by atoms with Gasteiger partial charge < -0.3 is 10.1 Å². The van der Waals surface area contributed by atoms with Crippen molar-refractivity contribution in [3.63, 3.8) is 0 Å². The molecule has 2 nitrogen and oxygen atoms in total. The van der Waals surface area contributed by atoms with E-state index in [0.29, 0.717) is 5.02 Å². The fourth-order valence-electron chi connectivity index (χ4n) is 1.74. The number of ether oxygens (including phenoxy) is 1. The SMILES string of the molecule is CNCc1ccc(Oc2ccc(Br)c(C)c2)cc1Cl. The van der Waals surface area contributed by atoms with Crippen LogP contribution in [0.15, 0.2) is 40.9 Å². The molecule has 2 rings (SSSR count). The molecule has 0 fully saturated rings. The molecule has 1 N–H and O–H groups in total. The Balaban J connectivity index is 2.19. The van der Waals surface area contributed by atoms with Gasteiger partial charge in [-0.3, -0.25) is 0 Å². The lowest BCUT2D eigenvalue weighted by molar-refractivity contribution is 0.482. The van der Waals surface area contributed by atoms with Gasteiger partial charge in [-0.15, -0.1) is 0 Å². The first-order valence-electron chi connectivity index (χ1n) is 5.97. The highest BCUT2D eigenvalue weighted by Crippen LogP contribution is 2.29. The number of benzene rings is 2. The zero-order chi connectivity index (χ0) is 13.8. The van der Waals surface area contributed by atoms with Gasteiger partial charge in [-0.25, -0.2) is 0 Å². The van der Waals surface area contributed by atoms with Gasteiger partial charge in [-0.1, -0.05) is 33.6 Å². The summed E-state index contributed by atoms with van der Waals surface area (Å²) in [5, 5.41) is 3.79. The van der Waals surface area contributed by atoms with Crippen LogP contribution in [0.4, 0.5) is 0 Å². The van der Waals surface area contributed by atoms with E-state index < -0.39 is 0 Å². The van der Waals surface area contributed by atoms with Crippen LogP contribution in [0.1, 0.15) is 11.1 Å². The minimum Gasteiger partial charge on any atom is -0.457 e. The number of nitrogens with one attached hydrogen (secondary N) is 1. The second-order valence-corrected chi connectivity index (χ2v) is 5.56. The van der Waals surface area contributed by atoms with Crippen molar-refractivity contribution < 1.29 is 4.74 Å². The van der Waals surface area contributed by atoms with Crippen molar-refractivity contribution in [2.45, 2.75) is 13.5 Å². The minimum atomic E-state index is 0.709. The van der Waals surface area contributed by atoms with Crippen LogP contribution in [0.25, 0.3) is 0 Å². The van der Waals surface area contributed by atoms with Gasteiger partial charge in [-0.2, -0.15) is 0 Å². The summed E-state index contributed by atoms with van der Waals surface area (Å²) in [5.41, 5.74) is 2.19. The Labute approximate surface area is 126 Å². The molecule has 0 heterocycles. The first-order chi connectivity index (χ1) is 9.10. The highest BCUT2D eigenvalue weighted by molar-refractivity contribution is 9.10. The number of hydrogen-bond donors (Lipinski definition) is 1. The van der Waals surface area contributed by atoms with Crippen LogP contribution in [0.2, 0.25) is 5.02 Å². The molecule has 0 saturated heterocycles. The summed E-state index contributed by atoms with van der Waals surface area (Å²) < 4.78 is 6.87. The number of halogens is 2. The molecule has 0 unspecified atom stereocenters. The lowest BCUT2D eigenvalue weighted by Crippen LogP contribution is -2.05. The van der Waals surface area contributed by atoms with Crippen molar-refractivity contribution in [3.05, 3.63) is 57.0 Å². The molecule has 0 spiro atoms. The molecule has 0 saturated carbocycles. The molecule has 0 aliphatic carbocycles. The third kappa shape index (κ3) is 3.72. The van der Waals surface area contributed by atoms with E-state index in [-0.39, 0.29) is 0 Å². The summed E-state index contributed by atoms with van der Waals surface area (Å²) in [4.78, 5) is 0. The molecule has 0 bridgehead atoms. The van der Waals surface area contributed by atoms with E-state index in [2.05, 4.69) is 21.2 Å². The molecule has 0 aliphatic rings. The summed E-state index contributed by atoms with van der Waals surface area (Å²) in [5.74, 6) is 1.55. The summed E-state index contributed by atoms with van der Waals surface area (Å²) in [6.45, 7) is 2.77. The van der Waals surface area contributed by atoms with Gasteiger partial charge in [0.15, 0.2) is 0 Å². The Hall–Kier alpha value is -1.03. The topological polar surface area (TPSA) is 21.3 Å². The summed E-state index contributed by atoms with van der Waals surface area (Å²) >= 11 is 9.67. The van der Waals surface area contributed by atoms with E-state index in [0.717, 1.165) is 33.6 Å². The van der Waals surface area contributed by atoms with E-state index in [9.17, 15) is 0 Å². The molecular weight excluding hydrogens is 326 g/mol. The van der Waals surface area contributed by atoms with Gasteiger partial charge in [0, 0.05) is 16.0 Å². The minimum absolute atomic E-state index is 0.709. The van der Waals surface area contributed by atoms with Crippen LogP contribution in [0.3, 0.4) is 0 Å². The van der Waals surface area contributed by atoms with Gasteiger partial charge in [0.05, 0.1) is 0 Å². The Morgan fingerprint density at radius 3 is 2.47 bits per heavy atom. The Morgan fingerprint density at radius 1 is 1.16 bits per heavy atom. The van der Waals surface area contributed by atoms with Crippen LogP contribution in [0.5, 0.6) is 11.5 Å². The van der Waals surface area contributed by atoms with Crippen LogP contribution in [0, 0.1) is 6.92 Å². The molecule has 19 heavy (non-hydrogen) atoms. The van der Waals surface area contributed by atoms with Gasteiger partial charge in [0.2, 0.25) is 0 Å². The van der Waals surface area contributed by atoms with Crippen molar-refractivity contribution in [1.29, 1.82) is 0 Å². The molecule has 0 aliphatic heterocycles. The van der Waals surface area contributed by atoms with Crippen LogP contribution in [-0.4, -0.2) is 7.05 Å². The zero-order valence-electron chi connectivity index (χ0n) is 10.8. The predicted molar refractivity (Wildman–Crippen MR) is 83.2 cm³/mol. The fourth-order valence-corrected chi connectivity index (χ4v) is 2.23. The van der Waals surface area contributed by atoms with Crippen LogP contribution < -0.4 is 10.1 Å². The molecule has 2 aromatic carbocycles. The second-order valence-electron chi connectivity index (χ2n) is 4.30. The lowest BCUT2D eigenvalue weighted by atomic mass is 10.2. The third-order valence-corrected chi connectivity index (χ3v) is 4.00. The predicted octanol–water partition coefficient (Wildman–Crippen LogP) is 4.92. The quantitative estimate of drug-likeness (QED) is 0.852. The van der Waals surface area contributed by atoms with Crippen molar-refractivity contribution in [3.8, 4) is 11.5 Å². The van der Waals surface area contributed by atoms with Crippen molar-refractivity contribution in [2.75, 3.05) is 7.05 Å². The third-order valence-electron chi connectivity index (χ3n) is 2.76. The summed E-state index contributed by atoms with van der Waals surface area (Å²) in [7, 11) is 1.89. The molecule has 0 atom stereocenters. The van der Waals surface area contributed by atoms with E-state index in [1.165, 1.54) is 0 Å². The smallest absolute Gasteiger partial charge is 0.128 e. The highest BCUT2D eigenvalue weighted by Gasteiger charge is 2.04. The van der Waals surface area contributed by atoms with Crippen molar-refractivity contribution in [1.82, 2.24) is 5.32 Å². The molecular formula is C15H15BrClNO. The average molecular weight is 341 g/mol. The Bertz CT molecular complexity index is 586. The maximum atomic E-state index is 6.20. The summed E-state index contributed by atoms with van der Waals surface area (Å²) in [6, 6.07) is 11.6.